The maximum Gasteiger partial charge on any atom is 0.252 e. The quantitative estimate of drug-likeness (QED) is 0.773. The minimum Gasteiger partial charge on any atom is -0.366 e. The maximum atomic E-state index is 11.8. The SMILES string of the molecule is C/C=C/C=C/CNC(=O)c1ccccc1C(N)=O. The lowest BCUT2D eigenvalue weighted by Crippen LogP contribution is -2.26. The average Bonchev–Trinajstić information content (AvgIpc) is 2.38. The zero-order chi connectivity index (χ0) is 13.4. The van der Waals surface area contributed by atoms with E-state index in [4.69, 9.17) is 5.73 Å². The molecule has 18 heavy (non-hydrogen) atoms. The van der Waals surface area contributed by atoms with Crippen LogP contribution in [0.15, 0.2) is 48.6 Å². The van der Waals surface area contributed by atoms with Crippen molar-refractivity contribution < 1.29 is 9.59 Å². The van der Waals surface area contributed by atoms with Crippen LogP contribution in [0, 0.1) is 0 Å². The molecular formula is C14H16N2O2. The van der Waals surface area contributed by atoms with E-state index >= 15 is 0 Å². The zero-order valence-corrected chi connectivity index (χ0v) is 10.2. The van der Waals surface area contributed by atoms with Gasteiger partial charge in [0.15, 0.2) is 0 Å². The van der Waals surface area contributed by atoms with Crippen molar-refractivity contribution in [1.82, 2.24) is 5.32 Å². The first-order valence-corrected chi connectivity index (χ1v) is 5.61. The molecular weight excluding hydrogens is 228 g/mol. The summed E-state index contributed by atoms with van der Waals surface area (Å²) in [7, 11) is 0. The van der Waals surface area contributed by atoms with Crippen molar-refractivity contribution in [2.75, 3.05) is 6.54 Å². The number of carbonyl (C=O) groups excluding carboxylic acids is 2. The van der Waals surface area contributed by atoms with Crippen molar-refractivity contribution in [3.8, 4) is 0 Å². The molecule has 0 unspecified atom stereocenters. The first kappa shape index (κ1) is 13.7. The number of rotatable bonds is 5. The molecule has 1 rings (SSSR count). The Labute approximate surface area is 106 Å². The summed E-state index contributed by atoms with van der Waals surface area (Å²) in [6.45, 7) is 2.31. The predicted octanol–water partition coefficient (Wildman–Crippen LogP) is 1.65. The molecule has 0 heterocycles. The highest BCUT2D eigenvalue weighted by atomic mass is 16.2. The van der Waals surface area contributed by atoms with E-state index in [0.717, 1.165) is 0 Å². The molecule has 4 nitrogen and oxygen atoms in total. The van der Waals surface area contributed by atoms with Crippen LogP contribution in [-0.4, -0.2) is 18.4 Å². The van der Waals surface area contributed by atoms with E-state index in [9.17, 15) is 9.59 Å². The van der Waals surface area contributed by atoms with Gasteiger partial charge in [-0.1, -0.05) is 36.4 Å². The van der Waals surface area contributed by atoms with Gasteiger partial charge >= 0.3 is 0 Å². The first-order valence-electron chi connectivity index (χ1n) is 5.61. The van der Waals surface area contributed by atoms with E-state index in [2.05, 4.69) is 5.32 Å². The number of hydrogen-bond donors (Lipinski definition) is 2. The van der Waals surface area contributed by atoms with Gasteiger partial charge in [-0.2, -0.15) is 0 Å². The summed E-state index contributed by atoms with van der Waals surface area (Å²) in [5, 5.41) is 2.69. The third kappa shape index (κ3) is 3.90. The Bertz CT molecular complexity index is 490. The summed E-state index contributed by atoms with van der Waals surface area (Å²) in [6.07, 6.45) is 7.40. The Hall–Kier alpha value is -2.36. The molecule has 1 aromatic carbocycles. The van der Waals surface area contributed by atoms with Crippen molar-refractivity contribution in [1.29, 1.82) is 0 Å². The third-order valence-electron chi connectivity index (χ3n) is 2.26. The number of benzene rings is 1. The molecule has 0 atom stereocenters. The fourth-order valence-corrected chi connectivity index (χ4v) is 1.40. The summed E-state index contributed by atoms with van der Waals surface area (Å²) >= 11 is 0. The number of nitrogens with two attached hydrogens (primary N) is 1. The second kappa shape index (κ2) is 7.06. The van der Waals surface area contributed by atoms with Gasteiger partial charge in [-0.25, -0.2) is 0 Å². The van der Waals surface area contributed by atoms with Crippen LogP contribution < -0.4 is 11.1 Å². The van der Waals surface area contributed by atoms with Crippen LogP contribution in [-0.2, 0) is 0 Å². The van der Waals surface area contributed by atoms with Gasteiger partial charge < -0.3 is 11.1 Å². The summed E-state index contributed by atoms with van der Waals surface area (Å²) in [6, 6.07) is 6.47. The number of primary amides is 1. The van der Waals surface area contributed by atoms with Crippen molar-refractivity contribution in [2.45, 2.75) is 6.92 Å². The van der Waals surface area contributed by atoms with Gasteiger partial charge in [0, 0.05) is 6.54 Å². The molecule has 2 amide bonds. The Morgan fingerprint density at radius 1 is 1.22 bits per heavy atom. The van der Waals surface area contributed by atoms with Crippen LogP contribution in [0.2, 0.25) is 0 Å². The van der Waals surface area contributed by atoms with Crippen LogP contribution in [0.4, 0.5) is 0 Å². The van der Waals surface area contributed by atoms with Gasteiger partial charge in [-0.15, -0.1) is 0 Å². The monoisotopic (exact) mass is 244 g/mol. The highest BCUT2D eigenvalue weighted by molar-refractivity contribution is 6.06. The molecule has 0 radical (unpaired) electrons. The molecule has 94 valence electrons. The standard InChI is InChI=1S/C14H16N2O2/c1-2-3-4-7-10-16-14(18)12-9-6-5-8-11(12)13(15)17/h2-9H,10H2,1H3,(H2,15,17)(H,16,18)/b3-2+,7-4+. The maximum absolute atomic E-state index is 11.8. The van der Waals surface area contributed by atoms with E-state index in [1.165, 1.54) is 6.07 Å². The lowest BCUT2D eigenvalue weighted by molar-refractivity contribution is 0.0939. The van der Waals surface area contributed by atoms with Crippen LogP contribution in [0.25, 0.3) is 0 Å². The molecule has 0 bridgehead atoms. The Morgan fingerprint density at radius 2 is 1.89 bits per heavy atom. The topological polar surface area (TPSA) is 72.2 Å². The van der Waals surface area contributed by atoms with Crippen molar-refractivity contribution >= 4 is 11.8 Å². The molecule has 3 N–H and O–H groups in total. The molecule has 0 saturated heterocycles. The number of hydrogen-bond acceptors (Lipinski definition) is 2. The normalized spacial score (nSPS) is 10.9. The highest BCUT2D eigenvalue weighted by Gasteiger charge is 2.13. The molecule has 4 heteroatoms. The lowest BCUT2D eigenvalue weighted by atomic mass is 10.1. The van der Waals surface area contributed by atoms with Crippen molar-refractivity contribution in [3.63, 3.8) is 0 Å². The Balaban J connectivity index is 2.70. The molecule has 0 aliphatic carbocycles. The van der Waals surface area contributed by atoms with Crippen LogP contribution in [0.3, 0.4) is 0 Å². The summed E-state index contributed by atoms with van der Waals surface area (Å²) < 4.78 is 0. The van der Waals surface area contributed by atoms with Gasteiger partial charge in [0.1, 0.15) is 0 Å². The Kier molecular flexibility index (Phi) is 5.38. The van der Waals surface area contributed by atoms with Gasteiger partial charge in [0.2, 0.25) is 5.91 Å². The second-order valence-electron chi connectivity index (χ2n) is 3.57. The number of nitrogens with one attached hydrogen (secondary N) is 1. The molecule has 0 fully saturated rings. The third-order valence-corrected chi connectivity index (χ3v) is 2.26. The second-order valence-corrected chi connectivity index (χ2v) is 3.57. The van der Waals surface area contributed by atoms with E-state index < -0.39 is 5.91 Å². The van der Waals surface area contributed by atoms with E-state index in [1.54, 1.807) is 18.2 Å². The fourth-order valence-electron chi connectivity index (χ4n) is 1.40. The number of allylic oxidation sites excluding steroid dienone is 3. The van der Waals surface area contributed by atoms with Gasteiger partial charge in [-0.3, -0.25) is 9.59 Å². The molecule has 0 aliphatic rings. The molecule has 1 aromatic rings. The van der Waals surface area contributed by atoms with Crippen LogP contribution >= 0.6 is 0 Å². The zero-order valence-electron chi connectivity index (χ0n) is 10.2. The minimum absolute atomic E-state index is 0.229. The fraction of sp³-hybridized carbons (Fsp3) is 0.143. The molecule has 0 aromatic heterocycles. The van der Waals surface area contributed by atoms with Crippen LogP contribution in [0.5, 0.6) is 0 Å². The van der Waals surface area contributed by atoms with Crippen molar-refractivity contribution in [3.05, 3.63) is 59.7 Å². The summed E-state index contributed by atoms with van der Waals surface area (Å²) in [5.41, 5.74) is 5.73. The summed E-state index contributed by atoms with van der Waals surface area (Å²) in [5.74, 6) is -0.917. The van der Waals surface area contributed by atoms with E-state index in [0.29, 0.717) is 12.1 Å². The van der Waals surface area contributed by atoms with Crippen LogP contribution in [0.1, 0.15) is 27.6 Å². The largest absolute Gasteiger partial charge is 0.366 e. The van der Waals surface area contributed by atoms with E-state index in [1.807, 2.05) is 31.2 Å². The van der Waals surface area contributed by atoms with Gasteiger partial charge in [0.25, 0.3) is 5.91 Å². The minimum atomic E-state index is -0.606. The highest BCUT2D eigenvalue weighted by Crippen LogP contribution is 2.07. The van der Waals surface area contributed by atoms with Crippen molar-refractivity contribution in [2.24, 2.45) is 5.73 Å². The number of amides is 2. The predicted molar refractivity (Wildman–Crippen MR) is 71.2 cm³/mol. The lowest BCUT2D eigenvalue weighted by Gasteiger charge is -2.06. The molecule has 0 aliphatic heterocycles. The average molecular weight is 244 g/mol. The first-order chi connectivity index (χ1) is 8.66. The molecule has 0 spiro atoms. The molecule has 0 saturated carbocycles. The summed E-state index contributed by atoms with van der Waals surface area (Å²) in [4.78, 5) is 23.0. The smallest absolute Gasteiger partial charge is 0.252 e. The number of carbonyl (C=O) groups is 2. The van der Waals surface area contributed by atoms with Gasteiger partial charge in [-0.05, 0) is 19.1 Å². The Morgan fingerprint density at radius 3 is 2.50 bits per heavy atom. The van der Waals surface area contributed by atoms with Gasteiger partial charge in [0.05, 0.1) is 11.1 Å². The van der Waals surface area contributed by atoms with E-state index in [-0.39, 0.29) is 11.5 Å².